The molecule has 17 heavy (non-hydrogen) atoms. The van der Waals surface area contributed by atoms with Gasteiger partial charge in [-0.3, -0.25) is 0 Å². The minimum Gasteiger partial charge on any atom is -0.494 e. The molecule has 0 atom stereocenters. The van der Waals surface area contributed by atoms with Gasteiger partial charge < -0.3 is 15.5 Å². The highest BCUT2D eigenvalue weighted by molar-refractivity contribution is 5.86. The number of nitrogens with two attached hydrogens (primary N) is 1. The summed E-state index contributed by atoms with van der Waals surface area (Å²) in [6, 6.07) is 6.21. The average Bonchev–Trinajstić information content (AvgIpc) is 2.63. The Kier molecular flexibility index (Phi) is 3.69. The van der Waals surface area contributed by atoms with Crippen molar-refractivity contribution in [1.82, 2.24) is 4.98 Å². The third kappa shape index (κ3) is 2.44. The molecule has 0 aliphatic carbocycles. The van der Waals surface area contributed by atoms with Crippen molar-refractivity contribution in [2.24, 2.45) is 5.73 Å². The van der Waals surface area contributed by atoms with Crippen molar-refractivity contribution in [3.05, 3.63) is 29.5 Å². The number of benzene rings is 1. The van der Waals surface area contributed by atoms with Gasteiger partial charge in [-0.1, -0.05) is 0 Å². The fraction of sp³-hybridized carbons (Fsp3) is 0.429. The summed E-state index contributed by atoms with van der Waals surface area (Å²) in [6.07, 6.45) is 2.05. The minimum absolute atomic E-state index is 0.701. The summed E-state index contributed by atoms with van der Waals surface area (Å²) < 4.78 is 5.54. The van der Waals surface area contributed by atoms with Gasteiger partial charge in [0.1, 0.15) is 5.75 Å². The number of aryl methyl sites for hydroxylation is 2. The SMILES string of the molecule is CCOc1ccc2[nH]c(C)c(CCCN)c2c1. The highest BCUT2D eigenvalue weighted by Gasteiger charge is 2.08. The van der Waals surface area contributed by atoms with Crippen LogP contribution in [0, 0.1) is 6.92 Å². The molecular formula is C14H20N2O. The summed E-state index contributed by atoms with van der Waals surface area (Å²) in [5.41, 5.74) is 9.37. The van der Waals surface area contributed by atoms with Gasteiger partial charge in [-0.15, -0.1) is 0 Å². The van der Waals surface area contributed by atoms with Gasteiger partial charge in [-0.25, -0.2) is 0 Å². The second kappa shape index (κ2) is 5.23. The van der Waals surface area contributed by atoms with E-state index < -0.39 is 0 Å². The molecule has 0 unspecified atom stereocenters. The second-order valence-electron chi connectivity index (χ2n) is 4.26. The van der Waals surface area contributed by atoms with Crippen molar-refractivity contribution in [2.75, 3.05) is 13.2 Å². The van der Waals surface area contributed by atoms with Gasteiger partial charge in [0, 0.05) is 16.6 Å². The summed E-state index contributed by atoms with van der Waals surface area (Å²) >= 11 is 0. The average molecular weight is 232 g/mol. The van der Waals surface area contributed by atoms with Gasteiger partial charge in [0.05, 0.1) is 6.61 Å². The Morgan fingerprint density at radius 3 is 2.88 bits per heavy atom. The highest BCUT2D eigenvalue weighted by atomic mass is 16.5. The lowest BCUT2D eigenvalue weighted by Crippen LogP contribution is -2.00. The minimum atomic E-state index is 0.701. The normalized spacial score (nSPS) is 11.0. The third-order valence-electron chi connectivity index (χ3n) is 3.03. The maximum absolute atomic E-state index is 5.58. The lowest BCUT2D eigenvalue weighted by molar-refractivity contribution is 0.340. The zero-order chi connectivity index (χ0) is 12.3. The lowest BCUT2D eigenvalue weighted by Gasteiger charge is -2.04. The van der Waals surface area contributed by atoms with Crippen LogP contribution in [0.2, 0.25) is 0 Å². The smallest absolute Gasteiger partial charge is 0.120 e. The standard InChI is InChI=1S/C14H20N2O/c1-3-17-11-6-7-14-13(9-11)12(5-4-8-15)10(2)16-14/h6-7,9,16H,3-5,8,15H2,1-2H3. The van der Waals surface area contributed by atoms with Crippen LogP contribution >= 0.6 is 0 Å². The van der Waals surface area contributed by atoms with Crippen molar-refractivity contribution in [2.45, 2.75) is 26.7 Å². The molecule has 0 saturated carbocycles. The van der Waals surface area contributed by atoms with Crippen molar-refractivity contribution in [1.29, 1.82) is 0 Å². The summed E-state index contributed by atoms with van der Waals surface area (Å²) in [4.78, 5) is 3.41. The molecule has 0 amide bonds. The summed E-state index contributed by atoms with van der Waals surface area (Å²) in [6.45, 7) is 5.55. The number of H-pyrrole nitrogens is 1. The zero-order valence-corrected chi connectivity index (χ0v) is 10.5. The summed E-state index contributed by atoms with van der Waals surface area (Å²) in [5, 5.41) is 1.27. The van der Waals surface area contributed by atoms with Gasteiger partial charge in [0.15, 0.2) is 0 Å². The molecular weight excluding hydrogens is 212 g/mol. The monoisotopic (exact) mass is 232 g/mol. The van der Waals surface area contributed by atoms with Crippen molar-refractivity contribution < 1.29 is 4.74 Å². The van der Waals surface area contributed by atoms with Crippen LogP contribution in [0.4, 0.5) is 0 Å². The van der Waals surface area contributed by atoms with Crippen LogP contribution in [0.15, 0.2) is 18.2 Å². The van der Waals surface area contributed by atoms with Crippen LogP contribution in [0.25, 0.3) is 10.9 Å². The molecule has 3 nitrogen and oxygen atoms in total. The van der Waals surface area contributed by atoms with Crippen molar-refractivity contribution in [3.63, 3.8) is 0 Å². The number of aromatic amines is 1. The molecule has 0 aliphatic rings. The first-order valence-electron chi connectivity index (χ1n) is 6.20. The molecule has 0 aliphatic heterocycles. The first-order chi connectivity index (χ1) is 8.26. The summed E-state index contributed by atoms with van der Waals surface area (Å²) in [7, 11) is 0. The van der Waals surface area contributed by atoms with Gasteiger partial charge >= 0.3 is 0 Å². The van der Waals surface area contributed by atoms with E-state index in [0.29, 0.717) is 6.61 Å². The van der Waals surface area contributed by atoms with Crippen LogP contribution in [0.5, 0.6) is 5.75 Å². The van der Waals surface area contributed by atoms with Crippen LogP contribution < -0.4 is 10.5 Å². The van der Waals surface area contributed by atoms with E-state index in [0.717, 1.165) is 25.1 Å². The van der Waals surface area contributed by atoms with Gasteiger partial charge in [-0.2, -0.15) is 0 Å². The van der Waals surface area contributed by atoms with E-state index >= 15 is 0 Å². The van der Waals surface area contributed by atoms with Crippen LogP contribution in [-0.4, -0.2) is 18.1 Å². The van der Waals surface area contributed by atoms with Crippen molar-refractivity contribution in [3.8, 4) is 5.75 Å². The topological polar surface area (TPSA) is 51.0 Å². The van der Waals surface area contributed by atoms with E-state index in [-0.39, 0.29) is 0 Å². The largest absolute Gasteiger partial charge is 0.494 e. The third-order valence-corrected chi connectivity index (χ3v) is 3.03. The zero-order valence-electron chi connectivity index (χ0n) is 10.5. The van der Waals surface area contributed by atoms with Gasteiger partial charge in [-0.05, 0) is 57.0 Å². The molecule has 3 N–H and O–H groups in total. The summed E-state index contributed by atoms with van der Waals surface area (Å²) in [5.74, 6) is 0.938. The molecule has 2 aromatic rings. The molecule has 3 heteroatoms. The number of hydrogen-bond acceptors (Lipinski definition) is 2. The Morgan fingerprint density at radius 2 is 2.18 bits per heavy atom. The Hall–Kier alpha value is -1.48. The van der Waals surface area contributed by atoms with E-state index in [2.05, 4.69) is 24.0 Å². The van der Waals surface area contributed by atoms with Gasteiger partial charge in [0.2, 0.25) is 0 Å². The molecule has 92 valence electrons. The fourth-order valence-electron chi connectivity index (χ4n) is 2.22. The van der Waals surface area contributed by atoms with Gasteiger partial charge in [0.25, 0.3) is 0 Å². The number of aromatic nitrogens is 1. The number of rotatable bonds is 5. The van der Waals surface area contributed by atoms with E-state index in [9.17, 15) is 0 Å². The predicted molar refractivity (Wildman–Crippen MR) is 71.6 cm³/mol. The van der Waals surface area contributed by atoms with E-state index in [1.54, 1.807) is 0 Å². The molecule has 0 bridgehead atoms. The van der Waals surface area contributed by atoms with E-state index in [1.807, 2.05) is 13.0 Å². The molecule has 2 rings (SSSR count). The molecule has 1 aromatic carbocycles. The first-order valence-corrected chi connectivity index (χ1v) is 6.20. The Labute approximate surface area is 102 Å². The Bertz CT molecular complexity index is 502. The quantitative estimate of drug-likeness (QED) is 0.832. The number of ether oxygens (including phenoxy) is 1. The lowest BCUT2D eigenvalue weighted by atomic mass is 10.1. The van der Waals surface area contributed by atoms with Crippen LogP contribution in [0.3, 0.4) is 0 Å². The number of nitrogens with one attached hydrogen (secondary N) is 1. The molecule has 0 saturated heterocycles. The molecule has 0 spiro atoms. The number of hydrogen-bond donors (Lipinski definition) is 2. The van der Waals surface area contributed by atoms with E-state index in [1.165, 1.54) is 22.2 Å². The maximum Gasteiger partial charge on any atom is 0.120 e. The molecule has 1 aromatic heterocycles. The van der Waals surface area contributed by atoms with Crippen LogP contribution in [0.1, 0.15) is 24.6 Å². The molecule has 1 heterocycles. The van der Waals surface area contributed by atoms with Crippen LogP contribution in [-0.2, 0) is 6.42 Å². The van der Waals surface area contributed by atoms with Crippen molar-refractivity contribution >= 4 is 10.9 Å². The van der Waals surface area contributed by atoms with E-state index in [4.69, 9.17) is 10.5 Å². The Morgan fingerprint density at radius 1 is 1.35 bits per heavy atom. The first kappa shape index (κ1) is 12.0. The Balaban J connectivity index is 2.41. The molecule has 0 fully saturated rings. The number of fused-ring (bicyclic) bond motifs is 1. The molecule has 0 radical (unpaired) electrons. The maximum atomic E-state index is 5.58. The predicted octanol–water partition coefficient (Wildman–Crippen LogP) is 2.77. The second-order valence-corrected chi connectivity index (χ2v) is 4.26. The highest BCUT2D eigenvalue weighted by Crippen LogP contribution is 2.27. The fourth-order valence-corrected chi connectivity index (χ4v) is 2.22.